The van der Waals surface area contributed by atoms with Gasteiger partial charge in [-0.05, 0) is 12.0 Å². The minimum Gasteiger partial charge on any atom is -0.301 e. The summed E-state index contributed by atoms with van der Waals surface area (Å²) in [6.45, 7) is 1.91. The van der Waals surface area contributed by atoms with E-state index < -0.39 is 24.2 Å². The molecule has 1 aliphatic heterocycles. The predicted molar refractivity (Wildman–Crippen MR) is 56.0 cm³/mol. The second-order valence-electron chi connectivity index (χ2n) is 4.21. The highest BCUT2D eigenvalue weighted by Crippen LogP contribution is 2.45. The molecule has 0 saturated carbocycles. The van der Waals surface area contributed by atoms with Crippen LogP contribution in [0.4, 0.5) is 13.2 Å². The van der Waals surface area contributed by atoms with Crippen LogP contribution in [0.3, 0.4) is 0 Å². The Labute approximate surface area is 92.7 Å². The van der Waals surface area contributed by atoms with Gasteiger partial charge in [0.25, 0.3) is 0 Å². The van der Waals surface area contributed by atoms with Gasteiger partial charge in [-0.15, -0.1) is 0 Å². The van der Waals surface area contributed by atoms with Crippen LogP contribution in [-0.2, 0) is 5.54 Å². The molecule has 4 heteroatoms. The van der Waals surface area contributed by atoms with E-state index in [9.17, 15) is 13.2 Å². The van der Waals surface area contributed by atoms with Crippen molar-refractivity contribution in [3.63, 3.8) is 0 Å². The van der Waals surface area contributed by atoms with Crippen LogP contribution in [0.25, 0.3) is 0 Å². The largest absolute Gasteiger partial charge is 0.390 e. The molecule has 1 saturated heterocycles. The summed E-state index contributed by atoms with van der Waals surface area (Å²) in [5.41, 5.74) is 0.489. The Morgan fingerprint density at radius 3 is 2.38 bits per heavy atom. The maximum Gasteiger partial charge on any atom is 0.390 e. The lowest BCUT2D eigenvalue weighted by atomic mass is 9.91. The minimum absolute atomic E-state index is 0.462. The third kappa shape index (κ3) is 2.07. The second kappa shape index (κ2) is 3.77. The number of rotatable bonds is 3. The van der Waals surface area contributed by atoms with Crippen LogP contribution in [0, 0.1) is 0 Å². The van der Waals surface area contributed by atoms with Crippen molar-refractivity contribution in [1.29, 1.82) is 0 Å². The van der Waals surface area contributed by atoms with Gasteiger partial charge in [-0.2, -0.15) is 13.2 Å². The van der Waals surface area contributed by atoms with E-state index >= 15 is 0 Å². The molecule has 0 bridgehead atoms. The highest BCUT2D eigenvalue weighted by molar-refractivity contribution is 5.34. The molecule has 1 N–H and O–H groups in total. The Kier molecular flexibility index (Phi) is 2.70. The lowest BCUT2D eigenvalue weighted by Gasteiger charge is -2.14. The average Bonchev–Trinajstić information content (AvgIpc) is 2.91. The van der Waals surface area contributed by atoms with Crippen LogP contribution in [0.1, 0.15) is 25.3 Å². The van der Waals surface area contributed by atoms with E-state index in [1.54, 1.807) is 0 Å². The molecule has 0 radical (unpaired) electrons. The monoisotopic (exact) mass is 229 g/mol. The number of alkyl halides is 3. The minimum atomic E-state index is -4.09. The van der Waals surface area contributed by atoms with Crippen molar-refractivity contribution in [2.24, 2.45) is 0 Å². The molecular formula is C12H14F3N. The normalized spacial score (nSPS) is 29.1. The average molecular weight is 229 g/mol. The van der Waals surface area contributed by atoms with E-state index in [4.69, 9.17) is 0 Å². The van der Waals surface area contributed by atoms with E-state index in [1.165, 1.54) is 0 Å². The number of nitrogens with one attached hydrogen (secondary N) is 1. The first-order valence-electron chi connectivity index (χ1n) is 5.38. The van der Waals surface area contributed by atoms with E-state index in [1.807, 2.05) is 37.3 Å². The van der Waals surface area contributed by atoms with Crippen molar-refractivity contribution in [1.82, 2.24) is 5.32 Å². The molecule has 1 aliphatic rings. The van der Waals surface area contributed by atoms with Gasteiger partial charge in [0.2, 0.25) is 0 Å². The van der Waals surface area contributed by atoms with Crippen LogP contribution in [0.15, 0.2) is 30.3 Å². The zero-order valence-corrected chi connectivity index (χ0v) is 9.01. The Morgan fingerprint density at radius 2 is 1.88 bits per heavy atom. The third-order valence-electron chi connectivity index (χ3n) is 3.23. The maximum absolute atomic E-state index is 12.3. The molecule has 16 heavy (non-hydrogen) atoms. The summed E-state index contributed by atoms with van der Waals surface area (Å²) in [5, 5.41) is 2.98. The second-order valence-corrected chi connectivity index (χ2v) is 4.21. The molecule has 1 aromatic carbocycles. The molecule has 2 atom stereocenters. The quantitative estimate of drug-likeness (QED) is 0.790. The molecule has 1 nitrogen and oxygen atoms in total. The maximum atomic E-state index is 12.3. The van der Waals surface area contributed by atoms with E-state index in [0.717, 1.165) is 5.56 Å². The lowest BCUT2D eigenvalue weighted by Crippen LogP contribution is -2.18. The highest BCUT2D eigenvalue weighted by Gasteiger charge is 2.56. The van der Waals surface area contributed by atoms with Gasteiger partial charge in [-0.25, -0.2) is 0 Å². The number of halogens is 3. The van der Waals surface area contributed by atoms with Crippen molar-refractivity contribution in [3.05, 3.63) is 35.9 Å². The van der Waals surface area contributed by atoms with Crippen LogP contribution >= 0.6 is 0 Å². The van der Waals surface area contributed by atoms with Gasteiger partial charge in [0.05, 0.1) is 12.0 Å². The number of hydrogen-bond donors (Lipinski definition) is 1. The van der Waals surface area contributed by atoms with Gasteiger partial charge >= 0.3 is 6.18 Å². The zero-order valence-electron chi connectivity index (χ0n) is 9.01. The van der Waals surface area contributed by atoms with Gasteiger partial charge in [-0.1, -0.05) is 37.3 Å². The predicted octanol–water partition coefficient (Wildman–Crippen LogP) is 3.22. The summed E-state index contributed by atoms with van der Waals surface area (Å²) in [7, 11) is 0. The van der Waals surface area contributed by atoms with Gasteiger partial charge in [0.15, 0.2) is 0 Å². The number of hydrogen-bond acceptors (Lipinski definition) is 1. The standard InChI is InChI=1S/C12H14F3N/c1-2-11(9-6-4-3-5-7-9)10(16-11)8-12(13,14)15/h3-7,10,16H,2,8H2,1H3/t10-,11-/m0/s1. The zero-order chi connectivity index (χ0) is 11.8. The summed E-state index contributed by atoms with van der Waals surface area (Å²) < 4.78 is 36.9. The summed E-state index contributed by atoms with van der Waals surface area (Å²) in [6.07, 6.45) is -4.17. The molecule has 0 amide bonds. The Hall–Kier alpha value is -1.03. The van der Waals surface area contributed by atoms with E-state index in [0.29, 0.717) is 6.42 Å². The smallest absolute Gasteiger partial charge is 0.301 e. The molecule has 1 heterocycles. The topological polar surface area (TPSA) is 21.9 Å². The van der Waals surface area contributed by atoms with Gasteiger partial charge in [-0.3, -0.25) is 0 Å². The van der Waals surface area contributed by atoms with Crippen molar-refractivity contribution >= 4 is 0 Å². The number of benzene rings is 1. The molecule has 1 fully saturated rings. The van der Waals surface area contributed by atoms with Crippen molar-refractivity contribution in [2.75, 3.05) is 0 Å². The van der Waals surface area contributed by atoms with Crippen LogP contribution in [0.2, 0.25) is 0 Å². The first kappa shape index (κ1) is 11.5. The van der Waals surface area contributed by atoms with Crippen LogP contribution in [-0.4, -0.2) is 12.2 Å². The highest BCUT2D eigenvalue weighted by atomic mass is 19.4. The first-order valence-corrected chi connectivity index (χ1v) is 5.38. The Balaban J connectivity index is 2.14. The molecule has 1 aromatic rings. The van der Waals surface area contributed by atoms with Gasteiger partial charge < -0.3 is 5.32 Å². The molecule has 0 aliphatic carbocycles. The van der Waals surface area contributed by atoms with Crippen molar-refractivity contribution < 1.29 is 13.2 Å². The molecule has 88 valence electrons. The molecular weight excluding hydrogens is 215 g/mol. The van der Waals surface area contributed by atoms with Gasteiger partial charge in [0.1, 0.15) is 0 Å². The summed E-state index contributed by atoms with van der Waals surface area (Å²) in [4.78, 5) is 0. The molecule has 2 rings (SSSR count). The van der Waals surface area contributed by atoms with Crippen molar-refractivity contribution in [2.45, 2.75) is 37.5 Å². The Bertz CT molecular complexity index is 360. The summed E-state index contributed by atoms with van der Waals surface area (Å²) in [6, 6.07) is 8.88. The fourth-order valence-electron chi connectivity index (χ4n) is 2.30. The molecule has 0 unspecified atom stereocenters. The molecule has 0 aromatic heterocycles. The fraction of sp³-hybridized carbons (Fsp3) is 0.500. The van der Waals surface area contributed by atoms with E-state index in [-0.39, 0.29) is 0 Å². The SMILES string of the molecule is CC[C@@]1(c2ccccc2)N[C@H]1CC(F)(F)F. The lowest BCUT2D eigenvalue weighted by molar-refractivity contribution is -0.135. The first-order chi connectivity index (χ1) is 7.48. The fourth-order valence-corrected chi connectivity index (χ4v) is 2.30. The summed E-state index contributed by atoms with van der Waals surface area (Å²) in [5.74, 6) is 0. The van der Waals surface area contributed by atoms with Crippen molar-refractivity contribution in [3.8, 4) is 0 Å². The third-order valence-corrected chi connectivity index (χ3v) is 3.23. The van der Waals surface area contributed by atoms with Gasteiger partial charge in [0, 0.05) is 6.04 Å². The van der Waals surface area contributed by atoms with Crippen LogP contribution < -0.4 is 5.32 Å². The Morgan fingerprint density at radius 1 is 1.25 bits per heavy atom. The molecule has 0 spiro atoms. The van der Waals surface area contributed by atoms with Crippen LogP contribution in [0.5, 0.6) is 0 Å². The summed E-state index contributed by atoms with van der Waals surface area (Å²) >= 11 is 0. The van der Waals surface area contributed by atoms with E-state index in [2.05, 4.69) is 5.32 Å².